The van der Waals surface area contributed by atoms with E-state index in [2.05, 4.69) is 16.5 Å². The highest BCUT2D eigenvalue weighted by molar-refractivity contribution is 5.95. The van der Waals surface area contributed by atoms with Crippen LogP contribution in [0.4, 0.5) is 4.39 Å². The molecule has 198 valence electrons. The van der Waals surface area contributed by atoms with Crippen LogP contribution < -0.4 is 5.32 Å². The van der Waals surface area contributed by atoms with Crippen molar-refractivity contribution in [3.05, 3.63) is 88.5 Å². The highest BCUT2D eigenvalue weighted by Crippen LogP contribution is 2.28. The van der Waals surface area contributed by atoms with Gasteiger partial charge in [-0.3, -0.25) is 9.59 Å². The number of hydrogen-bond acceptors (Lipinski definition) is 6. The zero-order chi connectivity index (χ0) is 27.8. The topological polar surface area (TPSA) is 148 Å². The van der Waals surface area contributed by atoms with Crippen molar-refractivity contribution in [1.29, 1.82) is 5.26 Å². The SMILES string of the molecule is CC(C)c1c(C(=O)NCc2cccc(C#N)c2)nn(-c2ccc(F)cc2)c1/C=C/[C@@H](O)C[C@@H](O)CC(=O)O. The number of nitriles is 1. The summed E-state index contributed by atoms with van der Waals surface area (Å²) < 4.78 is 15.1. The number of carboxylic acid groups (broad SMARTS) is 1. The fourth-order valence-electron chi connectivity index (χ4n) is 3.98. The van der Waals surface area contributed by atoms with Gasteiger partial charge >= 0.3 is 5.97 Å². The molecule has 1 heterocycles. The van der Waals surface area contributed by atoms with Crippen molar-refractivity contribution in [2.75, 3.05) is 0 Å². The van der Waals surface area contributed by atoms with E-state index in [0.717, 1.165) is 5.56 Å². The normalized spacial score (nSPS) is 12.9. The fraction of sp³-hybridized carbons (Fsp3) is 0.286. The number of aromatic nitrogens is 2. The first-order valence-corrected chi connectivity index (χ1v) is 12.0. The molecule has 0 aliphatic carbocycles. The van der Waals surface area contributed by atoms with Crippen molar-refractivity contribution >= 4 is 18.0 Å². The number of carbonyl (C=O) groups excluding carboxylic acids is 1. The monoisotopic (exact) mass is 520 g/mol. The average Bonchev–Trinajstić information content (AvgIpc) is 3.26. The third-order valence-corrected chi connectivity index (χ3v) is 5.73. The number of rotatable bonds is 11. The molecule has 9 nitrogen and oxygen atoms in total. The van der Waals surface area contributed by atoms with E-state index in [-0.39, 0.29) is 24.6 Å². The predicted molar refractivity (Wildman–Crippen MR) is 138 cm³/mol. The Morgan fingerprint density at radius 3 is 2.53 bits per heavy atom. The number of aliphatic hydroxyl groups is 2. The van der Waals surface area contributed by atoms with Gasteiger partial charge in [0.1, 0.15) is 5.82 Å². The van der Waals surface area contributed by atoms with Crippen molar-refractivity contribution in [1.82, 2.24) is 15.1 Å². The zero-order valence-corrected chi connectivity index (χ0v) is 21.0. The molecule has 2 aromatic carbocycles. The first-order chi connectivity index (χ1) is 18.1. The van der Waals surface area contributed by atoms with Crippen LogP contribution in [-0.4, -0.2) is 49.2 Å². The van der Waals surface area contributed by atoms with Gasteiger partial charge in [-0.25, -0.2) is 9.07 Å². The van der Waals surface area contributed by atoms with Gasteiger partial charge in [0.15, 0.2) is 5.69 Å². The van der Waals surface area contributed by atoms with Crippen LogP contribution >= 0.6 is 0 Å². The second kappa shape index (κ2) is 12.8. The van der Waals surface area contributed by atoms with Gasteiger partial charge in [-0.2, -0.15) is 10.4 Å². The number of carboxylic acids is 1. The highest BCUT2D eigenvalue weighted by Gasteiger charge is 2.25. The van der Waals surface area contributed by atoms with Crippen LogP contribution in [0.2, 0.25) is 0 Å². The Hall–Kier alpha value is -4.33. The summed E-state index contributed by atoms with van der Waals surface area (Å²) in [6.07, 6.45) is -0.151. The molecule has 0 saturated heterocycles. The average molecular weight is 521 g/mol. The van der Waals surface area contributed by atoms with Crippen LogP contribution in [0.1, 0.15) is 65.5 Å². The Bertz CT molecular complexity index is 1360. The molecule has 0 fully saturated rings. The minimum Gasteiger partial charge on any atom is -0.481 e. The van der Waals surface area contributed by atoms with Gasteiger partial charge in [0.05, 0.1) is 41.6 Å². The second-order valence-electron chi connectivity index (χ2n) is 9.10. The van der Waals surface area contributed by atoms with Gasteiger partial charge in [-0.05, 0) is 54.0 Å². The summed E-state index contributed by atoms with van der Waals surface area (Å²) in [6, 6.07) is 14.5. The summed E-state index contributed by atoms with van der Waals surface area (Å²) in [4.78, 5) is 24.1. The van der Waals surface area contributed by atoms with E-state index in [1.807, 2.05) is 13.8 Å². The summed E-state index contributed by atoms with van der Waals surface area (Å²) in [5, 5.41) is 45.5. The van der Waals surface area contributed by atoms with E-state index in [1.54, 1.807) is 30.3 Å². The maximum atomic E-state index is 13.6. The Morgan fingerprint density at radius 1 is 1.18 bits per heavy atom. The van der Waals surface area contributed by atoms with Crippen LogP contribution in [0.15, 0.2) is 54.6 Å². The lowest BCUT2D eigenvalue weighted by atomic mass is 9.98. The molecule has 38 heavy (non-hydrogen) atoms. The Morgan fingerprint density at radius 2 is 1.89 bits per heavy atom. The Labute approximate surface area is 219 Å². The summed E-state index contributed by atoms with van der Waals surface area (Å²) in [5.74, 6) is -2.26. The van der Waals surface area contributed by atoms with Crippen LogP contribution in [0, 0.1) is 17.1 Å². The van der Waals surface area contributed by atoms with Crippen molar-refractivity contribution in [2.45, 2.75) is 51.4 Å². The summed E-state index contributed by atoms with van der Waals surface area (Å²) >= 11 is 0. The molecular weight excluding hydrogens is 491 g/mol. The molecule has 0 bridgehead atoms. The van der Waals surface area contributed by atoms with Gasteiger partial charge < -0.3 is 20.6 Å². The molecule has 3 rings (SSSR count). The molecule has 0 aliphatic heterocycles. The second-order valence-corrected chi connectivity index (χ2v) is 9.10. The van der Waals surface area contributed by atoms with Crippen molar-refractivity contribution in [3.63, 3.8) is 0 Å². The van der Waals surface area contributed by atoms with E-state index in [1.165, 1.54) is 35.0 Å². The lowest BCUT2D eigenvalue weighted by Crippen LogP contribution is -2.24. The minimum atomic E-state index is -1.24. The molecule has 1 aromatic heterocycles. The van der Waals surface area contributed by atoms with E-state index >= 15 is 0 Å². The smallest absolute Gasteiger partial charge is 0.305 e. The number of aliphatic hydroxyl groups excluding tert-OH is 2. The summed E-state index contributed by atoms with van der Waals surface area (Å²) in [5.41, 5.74) is 2.88. The van der Waals surface area contributed by atoms with Gasteiger partial charge in [-0.1, -0.05) is 32.1 Å². The van der Waals surface area contributed by atoms with Crippen molar-refractivity contribution < 1.29 is 29.3 Å². The van der Waals surface area contributed by atoms with E-state index < -0.39 is 36.3 Å². The largest absolute Gasteiger partial charge is 0.481 e. The first-order valence-electron chi connectivity index (χ1n) is 12.0. The first kappa shape index (κ1) is 28.2. The zero-order valence-electron chi connectivity index (χ0n) is 21.0. The van der Waals surface area contributed by atoms with Gasteiger partial charge in [0.2, 0.25) is 0 Å². The number of carbonyl (C=O) groups is 2. The van der Waals surface area contributed by atoms with Crippen LogP contribution in [0.3, 0.4) is 0 Å². The van der Waals surface area contributed by atoms with Crippen LogP contribution in [0.25, 0.3) is 11.8 Å². The number of benzene rings is 2. The molecule has 4 N–H and O–H groups in total. The summed E-state index contributed by atoms with van der Waals surface area (Å²) in [7, 11) is 0. The summed E-state index contributed by atoms with van der Waals surface area (Å²) in [6.45, 7) is 3.92. The molecule has 10 heteroatoms. The maximum absolute atomic E-state index is 13.6. The number of hydrogen-bond donors (Lipinski definition) is 4. The molecule has 0 spiro atoms. The Kier molecular flexibility index (Phi) is 9.49. The van der Waals surface area contributed by atoms with Crippen LogP contribution in [-0.2, 0) is 11.3 Å². The number of amides is 1. The number of nitrogens with zero attached hydrogens (tertiary/aromatic N) is 3. The standard InChI is InChI=1S/C28H29FN4O5/c1-17(2)26-24(11-10-22(34)13-23(35)14-25(36)37)33(21-8-6-20(29)7-9-21)32-27(26)28(38)31-16-19-5-3-4-18(12-19)15-30/h3-12,17,22-23,34-35H,13-14,16H2,1-2H3,(H,31,38)(H,36,37)/b11-10+/t22-,23-/m1/s1. The van der Waals surface area contributed by atoms with Crippen molar-refractivity contribution in [2.24, 2.45) is 0 Å². The lowest BCUT2D eigenvalue weighted by molar-refractivity contribution is -0.139. The van der Waals surface area contributed by atoms with E-state index in [9.17, 15) is 24.2 Å². The highest BCUT2D eigenvalue weighted by atomic mass is 19.1. The number of halogens is 1. The lowest BCUT2D eigenvalue weighted by Gasteiger charge is -2.12. The third-order valence-electron chi connectivity index (χ3n) is 5.73. The van der Waals surface area contributed by atoms with Gasteiger partial charge in [-0.15, -0.1) is 0 Å². The molecular formula is C28H29FN4O5. The van der Waals surface area contributed by atoms with Gasteiger partial charge in [0, 0.05) is 18.5 Å². The Balaban J connectivity index is 1.97. The molecule has 0 unspecified atom stereocenters. The fourth-order valence-corrected chi connectivity index (χ4v) is 3.98. The molecule has 0 aliphatic rings. The molecule has 1 amide bonds. The van der Waals surface area contributed by atoms with Gasteiger partial charge in [0.25, 0.3) is 5.91 Å². The third kappa shape index (κ3) is 7.35. The number of nitrogens with one attached hydrogen (secondary N) is 1. The quantitative estimate of drug-likeness (QED) is 0.302. The molecule has 0 saturated carbocycles. The van der Waals surface area contributed by atoms with Crippen molar-refractivity contribution in [3.8, 4) is 11.8 Å². The maximum Gasteiger partial charge on any atom is 0.305 e. The molecule has 2 atom stereocenters. The molecule has 0 radical (unpaired) electrons. The number of aliphatic carboxylic acids is 1. The predicted octanol–water partition coefficient (Wildman–Crippen LogP) is 3.54. The van der Waals surface area contributed by atoms with E-state index in [4.69, 9.17) is 10.4 Å². The minimum absolute atomic E-state index is 0.140. The van der Waals surface area contributed by atoms with E-state index in [0.29, 0.717) is 22.5 Å². The molecule has 3 aromatic rings. The van der Waals surface area contributed by atoms with Crippen LogP contribution in [0.5, 0.6) is 0 Å².